The molecule has 0 amide bonds. The van der Waals surface area contributed by atoms with Crippen LogP contribution in [0.3, 0.4) is 0 Å². The molecule has 0 aliphatic carbocycles. The van der Waals surface area contributed by atoms with Gasteiger partial charge in [0.05, 0.1) is 5.75 Å². The van der Waals surface area contributed by atoms with Crippen molar-refractivity contribution in [1.29, 1.82) is 0 Å². The van der Waals surface area contributed by atoms with Crippen molar-refractivity contribution < 1.29 is 27.5 Å². The van der Waals surface area contributed by atoms with Gasteiger partial charge in [-0.2, -0.15) is 0 Å². The SMILES string of the molecule is CC(=O)OC1=C(N2CCCS2(=O)=O)OC(C)(c2ccccc2Cl)C1=O. The molecular weight excluding hydrogens is 370 g/mol. The van der Waals surface area contributed by atoms with E-state index in [9.17, 15) is 18.0 Å². The molecule has 0 bridgehead atoms. The lowest BCUT2D eigenvalue weighted by Crippen LogP contribution is -2.33. The van der Waals surface area contributed by atoms with Gasteiger partial charge in [0.2, 0.25) is 21.4 Å². The minimum atomic E-state index is -3.63. The van der Waals surface area contributed by atoms with E-state index in [1.807, 2.05) is 0 Å². The minimum Gasteiger partial charge on any atom is -0.456 e. The third-order valence-electron chi connectivity index (χ3n) is 4.09. The first-order chi connectivity index (χ1) is 11.7. The molecule has 1 aromatic carbocycles. The van der Waals surface area contributed by atoms with Gasteiger partial charge in [0.25, 0.3) is 11.7 Å². The van der Waals surface area contributed by atoms with E-state index in [1.54, 1.807) is 24.3 Å². The van der Waals surface area contributed by atoms with Crippen molar-refractivity contribution in [3.63, 3.8) is 0 Å². The zero-order valence-electron chi connectivity index (χ0n) is 13.6. The van der Waals surface area contributed by atoms with Gasteiger partial charge in [-0.15, -0.1) is 0 Å². The number of ether oxygens (including phenoxy) is 2. The van der Waals surface area contributed by atoms with Gasteiger partial charge in [0, 0.05) is 24.1 Å². The summed E-state index contributed by atoms with van der Waals surface area (Å²) >= 11 is 6.19. The molecule has 0 aromatic heterocycles. The number of Topliss-reactive ketones (excluding diaryl/α,β-unsaturated/α-hetero) is 1. The van der Waals surface area contributed by atoms with E-state index >= 15 is 0 Å². The van der Waals surface area contributed by atoms with Crippen molar-refractivity contribution in [2.75, 3.05) is 12.3 Å². The molecule has 0 N–H and O–H groups in total. The van der Waals surface area contributed by atoms with Crippen LogP contribution in [0.5, 0.6) is 0 Å². The number of esters is 1. The van der Waals surface area contributed by atoms with Gasteiger partial charge >= 0.3 is 5.97 Å². The molecular formula is C16H16ClNO6S. The zero-order valence-corrected chi connectivity index (χ0v) is 15.2. The summed E-state index contributed by atoms with van der Waals surface area (Å²) in [5.41, 5.74) is -1.23. The fourth-order valence-electron chi connectivity index (χ4n) is 2.89. The van der Waals surface area contributed by atoms with Crippen LogP contribution in [0.2, 0.25) is 5.02 Å². The second-order valence-corrected chi connectivity index (χ2v) is 8.33. The van der Waals surface area contributed by atoms with E-state index in [2.05, 4.69) is 0 Å². The molecule has 1 saturated heterocycles. The van der Waals surface area contributed by atoms with Crippen LogP contribution in [-0.2, 0) is 34.7 Å². The number of halogens is 1. The van der Waals surface area contributed by atoms with Crippen LogP contribution in [0.1, 0.15) is 25.8 Å². The minimum absolute atomic E-state index is 0.0653. The fourth-order valence-corrected chi connectivity index (χ4v) is 4.70. The van der Waals surface area contributed by atoms with Crippen molar-refractivity contribution in [2.45, 2.75) is 25.9 Å². The second kappa shape index (κ2) is 6.03. The quantitative estimate of drug-likeness (QED) is 0.738. The summed E-state index contributed by atoms with van der Waals surface area (Å²) in [6, 6.07) is 6.57. The highest BCUT2D eigenvalue weighted by atomic mass is 35.5. The lowest BCUT2D eigenvalue weighted by molar-refractivity contribution is -0.142. The Morgan fingerprint density at radius 2 is 2.04 bits per heavy atom. The summed E-state index contributed by atoms with van der Waals surface area (Å²) in [4.78, 5) is 24.4. The van der Waals surface area contributed by atoms with Crippen LogP contribution < -0.4 is 0 Å². The first-order valence-electron chi connectivity index (χ1n) is 7.59. The van der Waals surface area contributed by atoms with Crippen molar-refractivity contribution in [3.05, 3.63) is 46.5 Å². The Bertz CT molecular complexity index is 894. The Balaban J connectivity index is 2.11. The monoisotopic (exact) mass is 385 g/mol. The fraction of sp³-hybridized carbons (Fsp3) is 0.375. The number of ketones is 1. The molecule has 1 atom stereocenters. The molecule has 25 heavy (non-hydrogen) atoms. The molecule has 0 spiro atoms. The maximum atomic E-state index is 13.0. The first-order valence-corrected chi connectivity index (χ1v) is 9.57. The first kappa shape index (κ1) is 17.8. The zero-order chi connectivity index (χ0) is 18.4. The van der Waals surface area contributed by atoms with Gasteiger partial charge in [-0.05, 0) is 19.4 Å². The van der Waals surface area contributed by atoms with Crippen LogP contribution in [0.4, 0.5) is 0 Å². The number of benzene rings is 1. The summed E-state index contributed by atoms with van der Waals surface area (Å²) in [7, 11) is -3.63. The van der Waals surface area contributed by atoms with Gasteiger partial charge < -0.3 is 9.47 Å². The average molecular weight is 386 g/mol. The predicted octanol–water partition coefficient (Wildman–Crippen LogP) is 1.92. The molecule has 1 aromatic rings. The van der Waals surface area contributed by atoms with E-state index < -0.39 is 33.1 Å². The number of nitrogens with zero attached hydrogens (tertiary/aromatic N) is 1. The second-order valence-electron chi connectivity index (χ2n) is 5.91. The van der Waals surface area contributed by atoms with Crippen LogP contribution in [0.15, 0.2) is 35.9 Å². The molecule has 1 fully saturated rings. The molecule has 1 unspecified atom stereocenters. The van der Waals surface area contributed by atoms with Crippen LogP contribution >= 0.6 is 11.6 Å². The molecule has 2 heterocycles. The molecule has 0 saturated carbocycles. The van der Waals surface area contributed by atoms with Crippen molar-refractivity contribution in [1.82, 2.24) is 4.31 Å². The topological polar surface area (TPSA) is 90.0 Å². The van der Waals surface area contributed by atoms with E-state index in [0.717, 1.165) is 11.2 Å². The lowest BCUT2D eigenvalue weighted by Gasteiger charge is -2.26. The number of carbonyl (C=O) groups is 2. The summed E-state index contributed by atoms with van der Waals surface area (Å²) in [5, 5.41) is 0.283. The summed E-state index contributed by atoms with van der Waals surface area (Å²) in [6.07, 6.45) is 0.388. The van der Waals surface area contributed by atoms with Gasteiger partial charge in [-0.25, -0.2) is 12.7 Å². The van der Waals surface area contributed by atoms with E-state index in [4.69, 9.17) is 21.1 Å². The Morgan fingerprint density at radius 3 is 2.60 bits per heavy atom. The number of rotatable bonds is 3. The summed E-state index contributed by atoms with van der Waals surface area (Å²) in [5.74, 6) is -2.15. The smallest absolute Gasteiger partial charge is 0.308 e. The van der Waals surface area contributed by atoms with Gasteiger partial charge in [0.15, 0.2) is 0 Å². The highest BCUT2D eigenvalue weighted by Crippen LogP contribution is 2.44. The third kappa shape index (κ3) is 2.89. The van der Waals surface area contributed by atoms with Crippen LogP contribution in [-0.4, -0.2) is 36.8 Å². The third-order valence-corrected chi connectivity index (χ3v) is 6.25. The van der Waals surface area contributed by atoms with E-state index in [1.165, 1.54) is 6.92 Å². The van der Waals surface area contributed by atoms with Crippen molar-refractivity contribution in [2.24, 2.45) is 0 Å². The molecule has 2 aliphatic heterocycles. The van der Waals surface area contributed by atoms with Crippen LogP contribution in [0, 0.1) is 0 Å². The Labute approximate surface area is 150 Å². The highest BCUT2D eigenvalue weighted by molar-refractivity contribution is 7.89. The van der Waals surface area contributed by atoms with Gasteiger partial charge in [0.1, 0.15) is 0 Å². The maximum absolute atomic E-state index is 13.0. The Kier molecular flexibility index (Phi) is 4.28. The normalized spacial score (nSPS) is 25.2. The molecule has 9 heteroatoms. The number of carbonyl (C=O) groups excluding carboxylic acids is 2. The number of hydrogen-bond acceptors (Lipinski definition) is 6. The highest BCUT2D eigenvalue weighted by Gasteiger charge is 2.53. The molecule has 3 rings (SSSR count). The Hall–Kier alpha value is -2.06. The van der Waals surface area contributed by atoms with E-state index in [0.29, 0.717) is 12.0 Å². The molecule has 134 valence electrons. The summed E-state index contributed by atoms with van der Waals surface area (Å²) in [6.45, 7) is 2.74. The molecule has 0 radical (unpaired) electrons. The Morgan fingerprint density at radius 1 is 1.36 bits per heavy atom. The molecule has 7 nitrogen and oxygen atoms in total. The van der Waals surface area contributed by atoms with Gasteiger partial charge in [-0.3, -0.25) is 9.59 Å². The predicted molar refractivity (Wildman–Crippen MR) is 88.8 cm³/mol. The van der Waals surface area contributed by atoms with Crippen LogP contribution in [0.25, 0.3) is 0 Å². The van der Waals surface area contributed by atoms with Gasteiger partial charge in [-0.1, -0.05) is 29.8 Å². The average Bonchev–Trinajstić information content (AvgIpc) is 2.99. The largest absolute Gasteiger partial charge is 0.456 e. The van der Waals surface area contributed by atoms with Crippen molar-refractivity contribution >= 4 is 33.4 Å². The lowest BCUT2D eigenvalue weighted by atomic mass is 9.91. The molecule has 2 aliphatic rings. The van der Waals surface area contributed by atoms with E-state index in [-0.39, 0.29) is 23.2 Å². The summed E-state index contributed by atoms with van der Waals surface area (Å²) < 4.78 is 36.2. The number of hydrogen-bond donors (Lipinski definition) is 0. The standard InChI is InChI=1S/C16H16ClNO6S/c1-10(19)23-13-14(20)16(2,11-6-3-4-7-12(11)17)24-15(13)18-8-5-9-25(18,21)22/h3-4,6-7H,5,8-9H2,1-2H3. The number of sulfonamides is 1. The maximum Gasteiger partial charge on any atom is 0.308 e. The van der Waals surface area contributed by atoms with Crippen molar-refractivity contribution in [3.8, 4) is 0 Å².